The van der Waals surface area contributed by atoms with E-state index in [1.807, 2.05) is 0 Å². The van der Waals surface area contributed by atoms with Crippen molar-refractivity contribution in [2.24, 2.45) is 10.9 Å². The van der Waals surface area contributed by atoms with Gasteiger partial charge < -0.3 is 15.5 Å². The third-order valence-corrected chi connectivity index (χ3v) is 8.37. The highest BCUT2D eigenvalue weighted by atomic mass is 35.5. The highest BCUT2D eigenvalue weighted by molar-refractivity contribution is 6.20. The first-order valence-corrected chi connectivity index (χ1v) is 13.9. The quantitative estimate of drug-likeness (QED) is 0.149. The Hall–Kier alpha value is -1.35. The number of alkyl halides is 7. The Balaban J connectivity index is 1.58. The van der Waals surface area contributed by atoms with Crippen LogP contribution in [0.4, 0.5) is 26.3 Å². The van der Waals surface area contributed by atoms with Crippen molar-refractivity contribution in [3.8, 4) is 0 Å². The topological polar surface area (TPSA) is 109 Å². The van der Waals surface area contributed by atoms with Gasteiger partial charge in [0.05, 0.1) is 12.2 Å². The number of nitrogens with zero attached hydrogens (tertiary/aromatic N) is 2. The first kappa shape index (κ1) is 30.6. The molecule has 10 unspecified atom stereocenters. The molecule has 1 aliphatic heterocycles. The summed E-state index contributed by atoms with van der Waals surface area (Å²) in [4.78, 5) is 17.4. The van der Waals surface area contributed by atoms with Gasteiger partial charge in [0.1, 0.15) is 30.7 Å². The Labute approximate surface area is 227 Å². The van der Waals surface area contributed by atoms with Gasteiger partial charge in [-0.2, -0.15) is 13.2 Å². The average Bonchev–Trinajstić information content (AvgIpc) is 3.24. The number of hydrogen-bond acceptors (Lipinski definition) is 6. The van der Waals surface area contributed by atoms with E-state index in [9.17, 15) is 41.4 Å². The number of amides is 1. The summed E-state index contributed by atoms with van der Waals surface area (Å²) in [6.07, 6.45) is -12.5. The molecule has 4 aliphatic rings. The smallest absolute Gasteiger partial charge is 0.393 e. The lowest BCUT2D eigenvalue weighted by Gasteiger charge is -2.38. The van der Waals surface area contributed by atoms with Gasteiger partial charge in [-0.3, -0.25) is 10.1 Å². The van der Waals surface area contributed by atoms with Gasteiger partial charge in [-0.05, 0) is 57.8 Å². The number of aliphatic imine (C=N–C) groups is 1. The van der Waals surface area contributed by atoms with Crippen molar-refractivity contribution >= 4 is 23.5 Å². The molecule has 15 heteroatoms. The van der Waals surface area contributed by atoms with Gasteiger partial charge in [0.2, 0.25) is 5.91 Å². The molecule has 224 valence electrons. The molecule has 5 N–H and O–H groups in total. The number of nitrogens with one attached hydrogen (secondary N) is 3. The lowest BCUT2D eigenvalue weighted by atomic mass is 9.86. The number of carbonyl (C=O) groups is 1. The molecule has 1 saturated heterocycles. The molecule has 0 aromatic rings. The second kappa shape index (κ2) is 12.7. The van der Waals surface area contributed by atoms with Crippen LogP contribution in [0.1, 0.15) is 64.2 Å². The zero-order valence-electron chi connectivity index (χ0n) is 21.3. The number of hydrazine groups is 1. The first-order valence-electron chi connectivity index (χ1n) is 13.5. The largest absolute Gasteiger partial charge is 0.405 e. The Morgan fingerprint density at radius 1 is 0.923 bits per heavy atom. The summed E-state index contributed by atoms with van der Waals surface area (Å²) >= 11 is 6.16. The Kier molecular flexibility index (Phi) is 9.94. The monoisotopic (exact) mass is 591 g/mol. The second-order valence-corrected chi connectivity index (χ2v) is 11.9. The lowest BCUT2D eigenvalue weighted by molar-refractivity contribution is -0.159. The Morgan fingerprint density at radius 3 is 2.23 bits per heavy atom. The summed E-state index contributed by atoms with van der Waals surface area (Å²) in [6.45, 7) is 0. The number of rotatable bonds is 4. The van der Waals surface area contributed by atoms with E-state index in [2.05, 4.69) is 21.1 Å². The summed E-state index contributed by atoms with van der Waals surface area (Å²) in [6, 6.07) is -3.24. The minimum absolute atomic E-state index is 0.0381. The molecule has 39 heavy (non-hydrogen) atoms. The predicted molar refractivity (Wildman–Crippen MR) is 131 cm³/mol. The molecule has 4 fully saturated rings. The van der Waals surface area contributed by atoms with Crippen LogP contribution in [0, 0.1) is 5.92 Å². The zero-order chi connectivity index (χ0) is 28.5. The number of carbonyl (C=O) groups excluding carboxylic acids is 1. The fourth-order valence-electron chi connectivity index (χ4n) is 6.06. The molecular weight excluding hydrogens is 556 g/mol. The van der Waals surface area contributed by atoms with Crippen LogP contribution in [0.25, 0.3) is 0 Å². The first-order chi connectivity index (χ1) is 18.3. The normalized spacial score (nSPS) is 42.8. The van der Waals surface area contributed by atoms with E-state index in [0.717, 1.165) is 0 Å². The summed E-state index contributed by atoms with van der Waals surface area (Å²) in [5, 5.41) is 26.4. The second-order valence-electron chi connectivity index (χ2n) is 11.3. The molecule has 3 saturated carbocycles. The molecule has 10 atom stereocenters. The minimum Gasteiger partial charge on any atom is -0.393 e. The van der Waals surface area contributed by atoms with Crippen molar-refractivity contribution in [1.29, 1.82) is 0 Å². The van der Waals surface area contributed by atoms with Crippen LogP contribution in [0.15, 0.2) is 4.99 Å². The highest BCUT2D eigenvalue weighted by Crippen LogP contribution is 2.35. The molecule has 0 aromatic carbocycles. The van der Waals surface area contributed by atoms with E-state index in [1.54, 1.807) is 0 Å². The number of guanidine groups is 1. The minimum atomic E-state index is -4.62. The van der Waals surface area contributed by atoms with Crippen molar-refractivity contribution in [1.82, 2.24) is 21.1 Å². The fraction of sp³-hybridized carbons (Fsp3) is 0.917. The molecule has 1 heterocycles. The molecule has 0 aromatic heterocycles. The summed E-state index contributed by atoms with van der Waals surface area (Å²) in [5.74, 6) is -1.75. The number of halogens is 7. The number of aliphatic hydroxyl groups is 2. The van der Waals surface area contributed by atoms with Gasteiger partial charge >= 0.3 is 6.18 Å². The van der Waals surface area contributed by atoms with E-state index < -0.39 is 84.8 Å². The Bertz CT molecular complexity index is 868. The molecular formula is C24H36ClF6N5O3. The maximum Gasteiger partial charge on any atom is 0.405 e. The highest BCUT2D eigenvalue weighted by Gasteiger charge is 2.50. The van der Waals surface area contributed by atoms with E-state index in [-0.39, 0.29) is 57.3 Å². The maximum absolute atomic E-state index is 14.2. The van der Waals surface area contributed by atoms with Crippen LogP contribution in [-0.4, -0.2) is 93.7 Å². The predicted octanol–water partition coefficient (Wildman–Crippen LogP) is 2.76. The summed E-state index contributed by atoms with van der Waals surface area (Å²) in [5.41, 5.74) is 2.41. The van der Waals surface area contributed by atoms with Gasteiger partial charge in [0.25, 0.3) is 0 Å². The number of aliphatic hydroxyl groups excluding tert-OH is 2. The fourth-order valence-corrected chi connectivity index (χ4v) is 6.46. The van der Waals surface area contributed by atoms with E-state index in [1.165, 1.54) is 5.01 Å². The van der Waals surface area contributed by atoms with Crippen molar-refractivity contribution in [3.05, 3.63) is 0 Å². The molecule has 8 nitrogen and oxygen atoms in total. The van der Waals surface area contributed by atoms with Crippen molar-refractivity contribution in [2.75, 3.05) is 0 Å². The molecule has 4 rings (SSSR count). The molecule has 1 amide bonds. The molecule has 3 aliphatic carbocycles. The van der Waals surface area contributed by atoms with Gasteiger partial charge in [-0.15, -0.1) is 11.6 Å². The van der Waals surface area contributed by atoms with Gasteiger partial charge in [-0.1, -0.05) is 0 Å². The Morgan fingerprint density at radius 2 is 1.62 bits per heavy atom. The number of hydrogen-bond donors (Lipinski definition) is 5. The van der Waals surface area contributed by atoms with E-state index >= 15 is 0 Å². The van der Waals surface area contributed by atoms with Gasteiger partial charge in [0.15, 0.2) is 5.96 Å². The zero-order valence-corrected chi connectivity index (χ0v) is 22.0. The lowest BCUT2D eigenvalue weighted by Crippen LogP contribution is -2.54. The molecule has 0 radical (unpaired) electrons. The third kappa shape index (κ3) is 8.11. The maximum atomic E-state index is 14.2. The van der Waals surface area contributed by atoms with Crippen molar-refractivity contribution < 1.29 is 41.4 Å². The van der Waals surface area contributed by atoms with Gasteiger partial charge in [0, 0.05) is 29.8 Å². The SMILES string of the molecule is O=C(N/C(=N/C1CC(C(F)(F)F)NN1C1CC(O)CC(O)C1)NC1CC(F)CC(Cl)C1)C1CCC(F)C(F)C1. The van der Waals surface area contributed by atoms with Crippen LogP contribution in [0.2, 0.25) is 0 Å². The summed E-state index contributed by atoms with van der Waals surface area (Å²) < 4.78 is 82.9. The van der Waals surface area contributed by atoms with E-state index in [0.29, 0.717) is 6.42 Å². The van der Waals surface area contributed by atoms with Crippen molar-refractivity contribution in [3.63, 3.8) is 0 Å². The van der Waals surface area contributed by atoms with Crippen LogP contribution < -0.4 is 16.1 Å². The third-order valence-electron chi connectivity index (χ3n) is 8.01. The van der Waals surface area contributed by atoms with Crippen LogP contribution in [0.5, 0.6) is 0 Å². The van der Waals surface area contributed by atoms with Crippen molar-refractivity contribution in [2.45, 2.75) is 131 Å². The molecule has 0 bridgehead atoms. The van der Waals surface area contributed by atoms with E-state index in [4.69, 9.17) is 11.6 Å². The van der Waals surface area contributed by atoms with Gasteiger partial charge in [-0.25, -0.2) is 28.6 Å². The standard InChI is InChI=1S/C24H36ClF6N5O3/c25-12-4-13(26)6-14(5-12)32-23(34-22(39)11-1-2-18(27)19(28)3-11)33-21-10-20(24(29,30)31)35-36(21)15-7-16(37)9-17(38)8-15/h11-21,35,37-38H,1-10H2,(H2,32,33,34,39). The average molecular weight is 592 g/mol. The molecule has 0 spiro atoms. The summed E-state index contributed by atoms with van der Waals surface area (Å²) in [7, 11) is 0. The van der Waals surface area contributed by atoms with Crippen LogP contribution in [-0.2, 0) is 4.79 Å². The van der Waals surface area contributed by atoms with Crippen LogP contribution in [0.3, 0.4) is 0 Å². The van der Waals surface area contributed by atoms with Crippen LogP contribution >= 0.6 is 11.6 Å².